The Morgan fingerprint density at radius 3 is 2.62 bits per heavy atom. The van der Waals surface area contributed by atoms with Gasteiger partial charge in [0.2, 0.25) is 11.8 Å². The van der Waals surface area contributed by atoms with Crippen LogP contribution in [0.1, 0.15) is 4.88 Å². The third-order valence-corrected chi connectivity index (χ3v) is 3.99. The second-order valence-electron chi connectivity index (χ2n) is 4.21. The van der Waals surface area contributed by atoms with Crippen LogP contribution in [-0.4, -0.2) is 18.4 Å². The van der Waals surface area contributed by atoms with Crippen LogP contribution in [0.4, 0.5) is 5.69 Å². The summed E-state index contributed by atoms with van der Waals surface area (Å²) in [5, 5.41) is 7.91. The highest BCUT2D eigenvalue weighted by Crippen LogP contribution is 2.25. The summed E-state index contributed by atoms with van der Waals surface area (Å²) in [7, 11) is 0. The molecule has 0 aliphatic carbocycles. The Balaban J connectivity index is 1.80. The number of benzene rings is 1. The number of hydrogen-bond donors (Lipinski definition) is 2. The number of carbonyl (C=O) groups is 2. The average molecular weight is 343 g/mol. The molecule has 0 fully saturated rings. The molecule has 0 saturated carbocycles. The van der Waals surface area contributed by atoms with E-state index in [1.807, 2.05) is 17.5 Å². The smallest absolute Gasteiger partial charge is 0.243 e. The Bertz CT molecular complexity index is 644. The van der Waals surface area contributed by atoms with E-state index in [1.165, 1.54) is 17.4 Å². The van der Waals surface area contributed by atoms with Crippen LogP contribution < -0.4 is 10.6 Å². The molecular weight excluding hydrogens is 331 g/mol. The Hall–Kier alpha value is -1.56. The minimum Gasteiger partial charge on any atom is -0.347 e. The monoisotopic (exact) mass is 342 g/mol. The zero-order valence-corrected chi connectivity index (χ0v) is 13.2. The number of halogens is 2. The SMILES string of the molecule is O=C(Cc1cccs1)NCC(=O)Nc1ccc(Cl)cc1Cl. The van der Waals surface area contributed by atoms with Gasteiger partial charge in [-0.2, -0.15) is 0 Å². The molecule has 0 aliphatic rings. The van der Waals surface area contributed by atoms with Crippen molar-refractivity contribution in [3.8, 4) is 0 Å². The Morgan fingerprint density at radius 2 is 1.95 bits per heavy atom. The van der Waals surface area contributed by atoms with E-state index in [4.69, 9.17) is 23.2 Å². The molecule has 1 heterocycles. The van der Waals surface area contributed by atoms with Gasteiger partial charge < -0.3 is 10.6 Å². The van der Waals surface area contributed by atoms with Crippen LogP contribution >= 0.6 is 34.5 Å². The minimum atomic E-state index is -0.348. The van der Waals surface area contributed by atoms with Gasteiger partial charge in [-0.25, -0.2) is 0 Å². The first-order chi connectivity index (χ1) is 10.0. The highest BCUT2D eigenvalue weighted by molar-refractivity contribution is 7.10. The predicted molar refractivity (Wildman–Crippen MR) is 86.1 cm³/mol. The molecule has 7 heteroatoms. The largest absolute Gasteiger partial charge is 0.347 e. The topological polar surface area (TPSA) is 58.2 Å². The summed E-state index contributed by atoms with van der Waals surface area (Å²) < 4.78 is 0. The molecule has 0 unspecified atom stereocenters. The first-order valence-corrected chi connectivity index (χ1v) is 7.72. The number of hydrogen-bond acceptors (Lipinski definition) is 3. The minimum absolute atomic E-state index is 0.108. The standard InChI is InChI=1S/C14H12Cl2N2O2S/c15-9-3-4-12(11(16)6-9)18-14(20)8-17-13(19)7-10-2-1-5-21-10/h1-6H,7-8H2,(H,17,19)(H,18,20). The number of nitrogens with one attached hydrogen (secondary N) is 2. The van der Waals surface area contributed by atoms with Crippen LogP contribution in [-0.2, 0) is 16.0 Å². The summed E-state index contributed by atoms with van der Waals surface area (Å²) in [6, 6.07) is 8.52. The van der Waals surface area contributed by atoms with Crippen molar-refractivity contribution in [3.05, 3.63) is 50.6 Å². The van der Waals surface area contributed by atoms with E-state index in [9.17, 15) is 9.59 Å². The van der Waals surface area contributed by atoms with E-state index in [0.29, 0.717) is 15.7 Å². The van der Waals surface area contributed by atoms with Gasteiger partial charge in [0.15, 0.2) is 0 Å². The van der Waals surface area contributed by atoms with E-state index in [-0.39, 0.29) is 24.8 Å². The van der Waals surface area contributed by atoms with Gasteiger partial charge in [0, 0.05) is 9.90 Å². The van der Waals surface area contributed by atoms with Gasteiger partial charge in [0.25, 0.3) is 0 Å². The number of thiophene rings is 1. The molecule has 1 aromatic carbocycles. The van der Waals surface area contributed by atoms with Gasteiger partial charge >= 0.3 is 0 Å². The molecule has 2 rings (SSSR count). The van der Waals surface area contributed by atoms with Gasteiger partial charge in [-0.3, -0.25) is 9.59 Å². The molecule has 2 amide bonds. The van der Waals surface area contributed by atoms with Gasteiger partial charge in [-0.05, 0) is 29.6 Å². The third kappa shape index (κ3) is 5.04. The molecular formula is C14H12Cl2N2O2S. The quantitative estimate of drug-likeness (QED) is 0.875. The Kier molecular flexibility index (Phi) is 5.61. The van der Waals surface area contributed by atoms with Gasteiger partial charge in [0.05, 0.1) is 23.7 Å². The van der Waals surface area contributed by atoms with E-state index in [1.54, 1.807) is 12.1 Å². The molecule has 1 aromatic heterocycles. The first-order valence-electron chi connectivity index (χ1n) is 6.08. The number of carbonyl (C=O) groups excluding carboxylic acids is 2. The lowest BCUT2D eigenvalue weighted by Crippen LogP contribution is -2.33. The molecule has 0 saturated heterocycles. The normalized spacial score (nSPS) is 10.2. The average Bonchev–Trinajstić information content (AvgIpc) is 2.92. The van der Waals surface area contributed by atoms with E-state index >= 15 is 0 Å². The summed E-state index contributed by atoms with van der Waals surface area (Å²) in [6.07, 6.45) is 0.270. The fourth-order valence-corrected chi connectivity index (χ4v) is 2.76. The second-order valence-corrected chi connectivity index (χ2v) is 6.08. The summed E-state index contributed by atoms with van der Waals surface area (Å²) in [6.45, 7) is -0.108. The summed E-state index contributed by atoms with van der Waals surface area (Å²) in [4.78, 5) is 24.3. The molecule has 0 radical (unpaired) electrons. The van der Waals surface area contributed by atoms with E-state index in [2.05, 4.69) is 10.6 Å². The predicted octanol–water partition coefficient (Wildman–Crippen LogP) is 3.35. The summed E-state index contributed by atoms with van der Waals surface area (Å²) >= 11 is 13.2. The van der Waals surface area contributed by atoms with Gasteiger partial charge in [-0.1, -0.05) is 29.3 Å². The molecule has 2 N–H and O–H groups in total. The highest BCUT2D eigenvalue weighted by atomic mass is 35.5. The number of amides is 2. The molecule has 110 valence electrons. The first kappa shape index (κ1) is 15.8. The fourth-order valence-electron chi connectivity index (χ4n) is 1.60. The van der Waals surface area contributed by atoms with Crippen molar-refractivity contribution < 1.29 is 9.59 Å². The van der Waals surface area contributed by atoms with Crippen LogP contribution in [0.5, 0.6) is 0 Å². The molecule has 2 aromatic rings. The van der Waals surface area contributed by atoms with E-state index in [0.717, 1.165) is 4.88 Å². The van der Waals surface area contributed by atoms with Crippen LogP contribution in [0.2, 0.25) is 10.0 Å². The lowest BCUT2D eigenvalue weighted by molar-refractivity contribution is -0.123. The summed E-state index contributed by atoms with van der Waals surface area (Å²) in [5.74, 6) is -0.548. The Labute approximate surface area is 136 Å². The fraction of sp³-hybridized carbons (Fsp3) is 0.143. The zero-order chi connectivity index (χ0) is 15.2. The van der Waals surface area contributed by atoms with Crippen molar-refractivity contribution in [1.82, 2.24) is 5.32 Å². The van der Waals surface area contributed by atoms with Crippen LogP contribution in [0, 0.1) is 0 Å². The highest BCUT2D eigenvalue weighted by Gasteiger charge is 2.09. The van der Waals surface area contributed by atoms with Crippen molar-refractivity contribution in [3.63, 3.8) is 0 Å². The van der Waals surface area contributed by atoms with Crippen molar-refractivity contribution in [2.75, 3.05) is 11.9 Å². The maximum Gasteiger partial charge on any atom is 0.243 e. The lowest BCUT2D eigenvalue weighted by atomic mass is 10.3. The van der Waals surface area contributed by atoms with Crippen LogP contribution in [0.15, 0.2) is 35.7 Å². The van der Waals surface area contributed by atoms with Crippen LogP contribution in [0.3, 0.4) is 0 Å². The molecule has 0 aliphatic heterocycles. The van der Waals surface area contributed by atoms with Crippen molar-refractivity contribution >= 4 is 52.0 Å². The number of anilines is 1. The number of rotatable bonds is 5. The van der Waals surface area contributed by atoms with Crippen molar-refractivity contribution in [2.45, 2.75) is 6.42 Å². The third-order valence-electron chi connectivity index (χ3n) is 2.57. The van der Waals surface area contributed by atoms with Crippen LogP contribution in [0.25, 0.3) is 0 Å². The maximum atomic E-state index is 11.7. The molecule has 0 bridgehead atoms. The Morgan fingerprint density at radius 1 is 1.14 bits per heavy atom. The second kappa shape index (κ2) is 7.45. The van der Waals surface area contributed by atoms with Gasteiger partial charge in [0.1, 0.15) is 0 Å². The lowest BCUT2D eigenvalue weighted by Gasteiger charge is -2.08. The maximum absolute atomic E-state index is 11.7. The summed E-state index contributed by atoms with van der Waals surface area (Å²) in [5.41, 5.74) is 0.457. The van der Waals surface area contributed by atoms with E-state index < -0.39 is 0 Å². The molecule has 0 spiro atoms. The zero-order valence-electron chi connectivity index (χ0n) is 10.9. The van der Waals surface area contributed by atoms with Gasteiger partial charge in [-0.15, -0.1) is 11.3 Å². The van der Waals surface area contributed by atoms with Crippen molar-refractivity contribution in [1.29, 1.82) is 0 Å². The molecule has 21 heavy (non-hydrogen) atoms. The van der Waals surface area contributed by atoms with Crippen molar-refractivity contribution in [2.24, 2.45) is 0 Å². The molecule has 0 atom stereocenters. The molecule has 4 nitrogen and oxygen atoms in total.